The van der Waals surface area contributed by atoms with E-state index in [1.807, 2.05) is 13.0 Å². The Labute approximate surface area is 141 Å². The number of fused-ring (bicyclic) bond motifs is 1. The number of phenols is 1. The molecule has 0 radical (unpaired) electrons. The first-order chi connectivity index (χ1) is 10.6. The number of halogens is 1. The minimum Gasteiger partial charge on any atom is -0.507 e. The van der Waals surface area contributed by atoms with Crippen LogP contribution in [0.5, 0.6) is 5.75 Å². The second-order valence-corrected chi connectivity index (χ2v) is 5.96. The van der Waals surface area contributed by atoms with Crippen LogP contribution in [0.2, 0.25) is 0 Å². The van der Waals surface area contributed by atoms with Crippen LogP contribution in [0.3, 0.4) is 0 Å². The van der Waals surface area contributed by atoms with Crippen LogP contribution in [-0.2, 0) is 13.0 Å². The zero-order chi connectivity index (χ0) is 15.7. The number of hydrogen-bond acceptors (Lipinski definition) is 4. The molecule has 124 valence electrons. The maximum atomic E-state index is 11.7. The first kappa shape index (κ1) is 17.6. The summed E-state index contributed by atoms with van der Waals surface area (Å²) in [6.07, 6.45) is 4.61. The van der Waals surface area contributed by atoms with Crippen LogP contribution < -0.4 is 5.63 Å². The predicted molar refractivity (Wildman–Crippen MR) is 94.5 cm³/mol. The van der Waals surface area contributed by atoms with E-state index >= 15 is 0 Å². The minimum absolute atomic E-state index is 0. The molecule has 4 nitrogen and oxygen atoms in total. The Bertz CT molecular complexity index is 776. The van der Waals surface area contributed by atoms with Gasteiger partial charge < -0.3 is 9.52 Å². The molecule has 0 amide bonds. The van der Waals surface area contributed by atoms with Crippen molar-refractivity contribution in [2.24, 2.45) is 0 Å². The summed E-state index contributed by atoms with van der Waals surface area (Å²) in [4.78, 5) is 14.0. The minimum atomic E-state index is -0.387. The van der Waals surface area contributed by atoms with Crippen molar-refractivity contribution < 1.29 is 9.52 Å². The molecule has 3 rings (SSSR count). The molecular formula is C18H22ClNO3. The van der Waals surface area contributed by atoms with Gasteiger partial charge in [0, 0.05) is 29.1 Å². The second-order valence-electron chi connectivity index (χ2n) is 5.96. The quantitative estimate of drug-likeness (QED) is 0.685. The van der Waals surface area contributed by atoms with Crippen molar-refractivity contribution in [2.45, 2.75) is 32.7 Å². The highest BCUT2D eigenvalue weighted by molar-refractivity contribution is 5.86. The summed E-state index contributed by atoms with van der Waals surface area (Å²) < 4.78 is 5.36. The smallest absolute Gasteiger partial charge is 0.336 e. The maximum absolute atomic E-state index is 11.7. The standard InChI is InChI=1S/C18H21NO3.ClH/c1-3-6-14-17(21)13(11-19-7-4-5-8-19)10-15-12(2)9-16(20)22-18(14)15;/h3,9-10,21H,1,4-8,11H2,2H3;1H. The lowest BCUT2D eigenvalue weighted by Gasteiger charge is -2.18. The molecule has 0 saturated carbocycles. The summed E-state index contributed by atoms with van der Waals surface area (Å²) in [5.74, 6) is 0.230. The summed E-state index contributed by atoms with van der Waals surface area (Å²) in [6, 6.07) is 3.45. The van der Waals surface area contributed by atoms with Crippen molar-refractivity contribution in [3.8, 4) is 5.75 Å². The Morgan fingerprint density at radius 2 is 2.04 bits per heavy atom. The van der Waals surface area contributed by atoms with Gasteiger partial charge in [-0.25, -0.2) is 4.79 Å². The van der Waals surface area contributed by atoms with Gasteiger partial charge in [-0.1, -0.05) is 6.08 Å². The molecule has 2 aromatic rings. The van der Waals surface area contributed by atoms with Gasteiger partial charge >= 0.3 is 5.63 Å². The van der Waals surface area contributed by atoms with Crippen LogP contribution in [0.15, 0.2) is 34.0 Å². The summed E-state index contributed by atoms with van der Waals surface area (Å²) in [5, 5.41) is 11.5. The predicted octanol–water partition coefficient (Wildman–Crippen LogP) is 3.55. The van der Waals surface area contributed by atoms with Gasteiger partial charge in [0.15, 0.2) is 0 Å². The zero-order valence-corrected chi connectivity index (χ0v) is 14.1. The topological polar surface area (TPSA) is 53.7 Å². The van der Waals surface area contributed by atoms with Crippen LogP contribution in [0.25, 0.3) is 11.0 Å². The lowest BCUT2D eigenvalue weighted by atomic mass is 9.99. The first-order valence-corrected chi connectivity index (χ1v) is 7.71. The number of aromatic hydroxyl groups is 1. The number of allylic oxidation sites excluding steroid dienone is 1. The molecule has 1 aliphatic rings. The van der Waals surface area contributed by atoms with Gasteiger partial charge in [0.1, 0.15) is 11.3 Å². The van der Waals surface area contributed by atoms with Crippen molar-refractivity contribution in [2.75, 3.05) is 13.1 Å². The van der Waals surface area contributed by atoms with Crippen LogP contribution >= 0.6 is 12.4 Å². The molecule has 1 aromatic heterocycles. The van der Waals surface area contributed by atoms with E-state index in [-0.39, 0.29) is 23.8 Å². The van der Waals surface area contributed by atoms with Gasteiger partial charge in [0.2, 0.25) is 0 Å². The second kappa shape index (κ2) is 7.20. The van der Waals surface area contributed by atoms with Gasteiger partial charge in [0.25, 0.3) is 0 Å². The lowest BCUT2D eigenvalue weighted by Crippen LogP contribution is -2.18. The first-order valence-electron chi connectivity index (χ1n) is 7.71. The van der Waals surface area contributed by atoms with Crippen molar-refractivity contribution in [1.29, 1.82) is 0 Å². The van der Waals surface area contributed by atoms with Gasteiger partial charge in [-0.3, -0.25) is 4.90 Å². The van der Waals surface area contributed by atoms with Crippen LogP contribution in [0, 0.1) is 6.92 Å². The fourth-order valence-electron chi connectivity index (χ4n) is 3.20. The van der Waals surface area contributed by atoms with Crippen LogP contribution in [0.4, 0.5) is 0 Å². The number of phenolic OH excluding ortho intramolecular Hbond substituents is 1. The number of benzene rings is 1. The molecule has 1 aromatic carbocycles. The van der Waals surface area contributed by atoms with Gasteiger partial charge in [-0.05, 0) is 50.9 Å². The fraction of sp³-hybridized carbons (Fsp3) is 0.389. The molecule has 5 heteroatoms. The molecule has 0 aliphatic carbocycles. The van der Waals surface area contributed by atoms with Crippen molar-refractivity contribution in [1.82, 2.24) is 4.90 Å². The number of likely N-dealkylation sites (tertiary alicyclic amines) is 1. The zero-order valence-electron chi connectivity index (χ0n) is 13.3. The Kier molecular flexibility index (Phi) is 5.50. The van der Waals surface area contributed by atoms with E-state index in [9.17, 15) is 9.90 Å². The normalized spacial score (nSPS) is 14.8. The summed E-state index contributed by atoms with van der Waals surface area (Å²) in [5.41, 5.74) is 2.51. The average Bonchev–Trinajstić information content (AvgIpc) is 2.97. The third-order valence-electron chi connectivity index (χ3n) is 4.33. The molecule has 1 saturated heterocycles. The Morgan fingerprint density at radius 1 is 1.35 bits per heavy atom. The average molecular weight is 336 g/mol. The van der Waals surface area contributed by atoms with E-state index in [1.165, 1.54) is 18.9 Å². The van der Waals surface area contributed by atoms with Gasteiger partial charge in [0.05, 0.1) is 0 Å². The van der Waals surface area contributed by atoms with Gasteiger partial charge in [-0.2, -0.15) is 0 Å². The van der Waals surface area contributed by atoms with Gasteiger partial charge in [-0.15, -0.1) is 19.0 Å². The Balaban J connectivity index is 0.00000192. The molecule has 0 atom stereocenters. The third-order valence-corrected chi connectivity index (χ3v) is 4.33. The van der Waals surface area contributed by atoms with Crippen LogP contribution in [0.1, 0.15) is 29.5 Å². The number of rotatable bonds is 4. The van der Waals surface area contributed by atoms with E-state index in [0.29, 0.717) is 17.6 Å². The molecule has 0 spiro atoms. The highest BCUT2D eigenvalue weighted by atomic mass is 35.5. The van der Waals surface area contributed by atoms with Crippen LogP contribution in [-0.4, -0.2) is 23.1 Å². The van der Waals surface area contributed by atoms with E-state index in [2.05, 4.69) is 11.5 Å². The highest BCUT2D eigenvalue weighted by Gasteiger charge is 2.19. The third kappa shape index (κ3) is 3.43. The van der Waals surface area contributed by atoms with E-state index in [0.717, 1.165) is 36.1 Å². The largest absolute Gasteiger partial charge is 0.507 e. The SMILES string of the molecule is C=CCc1c(O)c(CN2CCCC2)cc2c(C)cc(=O)oc12.Cl. The lowest BCUT2D eigenvalue weighted by molar-refractivity contribution is 0.323. The molecule has 0 bridgehead atoms. The molecule has 0 unspecified atom stereocenters. The molecule has 1 fully saturated rings. The fourth-order valence-corrected chi connectivity index (χ4v) is 3.20. The number of hydrogen-bond donors (Lipinski definition) is 1. The van der Waals surface area contributed by atoms with Crippen molar-refractivity contribution in [3.63, 3.8) is 0 Å². The van der Waals surface area contributed by atoms with Crippen molar-refractivity contribution >= 4 is 23.4 Å². The summed E-state index contributed by atoms with van der Waals surface area (Å²) in [7, 11) is 0. The molecule has 1 N–H and O–H groups in total. The molecular weight excluding hydrogens is 314 g/mol. The molecule has 1 aliphatic heterocycles. The summed E-state index contributed by atoms with van der Waals surface area (Å²) in [6.45, 7) is 8.50. The Morgan fingerprint density at radius 3 is 2.70 bits per heavy atom. The monoisotopic (exact) mass is 335 g/mol. The number of aryl methyl sites for hydroxylation is 1. The highest BCUT2D eigenvalue weighted by Crippen LogP contribution is 2.34. The van der Waals surface area contributed by atoms with E-state index in [1.54, 1.807) is 6.08 Å². The summed E-state index contributed by atoms with van der Waals surface area (Å²) >= 11 is 0. The maximum Gasteiger partial charge on any atom is 0.336 e. The molecule has 2 heterocycles. The van der Waals surface area contributed by atoms with E-state index in [4.69, 9.17) is 4.42 Å². The number of nitrogens with zero attached hydrogens (tertiary/aromatic N) is 1. The van der Waals surface area contributed by atoms with Crippen molar-refractivity contribution in [3.05, 3.63) is 51.9 Å². The van der Waals surface area contributed by atoms with E-state index < -0.39 is 0 Å². The molecule has 23 heavy (non-hydrogen) atoms. The Hall–Kier alpha value is -1.78.